The molecule has 3 heterocycles. The van der Waals surface area contributed by atoms with E-state index in [2.05, 4.69) is 5.32 Å². The highest BCUT2D eigenvalue weighted by Gasteiger charge is 2.36. The lowest BCUT2D eigenvalue weighted by molar-refractivity contribution is 0.130. The molecule has 2 bridgehead atoms. The third-order valence-corrected chi connectivity index (χ3v) is 4.18. The summed E-state index contributed by atoms with van der Waals surface area (Å²) in [5.74, 6) is 0.675. The van der Waals surface area contributed by atoms with Crippen molar-refractivity contribution in [3.8, 4) is 0 Å². The summed E-state index contributed by atoms with van der Waals surface area (Å²) in [5, 5.41) is 2.96. The molecule has 1 N–H and O–H groups in total. The van der Waals surface area contributed by atoms with E-state index in [1.165, 1.54) is 0 Å². The maximum atomic E-state index is 12.2. The first-order valence-corrected chi connectivity index (χ1v) is 7.30. The number of aromatic nitrogens is 1. The molecule has 2 aliphatic heterocycles. The normalized spacial score (nSPS) is 24.4. The Hall–Kier alpha value is -1.78. The Kier molecular flexibility index (Phi) is 3.28. The summed E-state index contributed by atoms with van der Waals surface area (Å²) in [5.41, 5.74) is 1.16. The molecule has 3 rings (SSSR count). The van der Waals surface area contributed by atoms with Crippen molar-refractivity contribution >= 4 is 6.03 Å². The molecule has 2 atom stereocenters. The Bertz CT molecular complexity index is 579. The third-order valence-electron chi connectivity index (χ3n) is 4.18. The van der Waals surface area contributed by atoms with Crippen LogP contribution in [0.4, 0.5) is 4.79 Å². The third kappa shape index (κ3) is 2.32. The van der Waals surface area contributed by atoms with Gasteiger partial charge >= 0.3 is 6.03 Å². The van der Waals surface area contributed by atoms with E-state index in [0.29, 0.717) is 12.5 Å². The summed E-state index contributed by atoms with van der Waals surface area (Å²) in [4.78, 5) is 26.0. The maximum absolute atomic E-state index is 12.2. The van der Waals surface area contributed by atoms with Gasteiger partial charge in [0.15, 0.2) is 0 Å². The minimum atomic E-state index is 0.0152. The summed E-state index contributed by atoms with van der Waals surface area (Å²) in [6.07, 6.45) is 1.08. The Balaban J connectivity index is 1.84. The van der Waals surface area contributed by atoms with E-state index >= 15 is 0 Å². The number of rotatable bonds is 1. The van der Waals surface area contributed by atoms with Gasteiger partial charge in [0.05, 0.1) is 0 Å². The SMILES string of the molecule is CC(C)NC(=O)N1C[C@@H]2C[C@H](C1)c1cccc(=O)n1C2. The van der Waals surface area contributed by atoms with Crippen molar-refractivity contribution in [2.45, 2.75) is 38.8 Å². The molecular weight excluding hydrogens is 254 g/mol. The average molecular weight is 275 g/mol. The van der Waals surface area contributed by atoms with Crippen LogP contribution >= 0.6 is 0 Å². The van der Waals surface area contributed by atoms with Crippen LogP contribution in [0.2, 0.25) is 0 Å². The highest BCUT2D eigenvalue weighted by molar-refractivity contribution is 5.74. The van der Waals surface area contributed by atoms with Gasteiger partial charge in [-0.25, -0.2) is 4.79 Å². The number of urea groups is 1. The van der Waals surface area contributed by atoms with Crippen LogP contribution in [-0.4, -0.2) is 34.6 Å². The molecule has 2 aliphatic rings. The predicted octanol–water partition coefficient (Wildman–Crippen LogP) is 1.39. The van der Waals surface area contributed by atoms with Crippen molar-refractivity contribution < 1.29 is 4.79 Å². The molecule has 108 valence electrons. The van der Waals surface area contributed by atoms with Gasteiger partial charge in [-0.1, -0.05) is 6.07 Å². The smallest absolute Gasteiger partial charge is 0.317 e. The lowest BCUT2D eigenvalue weighted by Crippen LogP contribution is -2.52. The standard InChI is InChI=1S/C15H21N3O2/c1-10(2)16-15(20)17-7-11-6-12(9-17)13-4-3-5-14(19)18(13)8-11/h3-5,10-12H,6-9H2,1-2H3,(H,16,20)/t11-,12+/m0/s1. The number of hydrogen-bond acceptors (Lipinski definition) is 2. The van der Waals surface area contributed by atoms with E-state index in [1.54, 1.807) is 6.07 Å². The number of pyridine rings is 1. The van der Waals surface area contributed by atoms with Crippen molar-refractivity contribution in [3.63, 3.8) is 0 Å². The Morgan fingerprint density at radius 1 is 1.30 bits per heavy atom. The second kappa shape index (κ2) is 4.96. The first kappa shape index (κ1) is 13.2. The Morgan fingerprint density at radius 3 is 2.85 bits per heavy atom. The minimum Gasteiger partial charge on any atom is -0.336 e. The van der Waals surface area contributed by atoms with E-state index in [0.717, 1.165) is 25.2 Å². The monoisotopic (exact) mass is 275 g/mol. The summed E-state index contributed by atoms with van der Waals surface area (Å²) >= 11 is 0. The summed E-state index contributed by atoms with van der Waals surface area (Å²) in [6, 6.07) is 5.63. The average Bonchev–Trinajstić information content (AvgIpc) is 2.39. The molecular formula is C15H21N3O2. The lowest BCUT2D eigenvalue weighted by Gasteiger charge is -2.42. The predicted molar refractivity (Wildman–Crippen MR) is 76.8 cm³/mol. The fourth-order valence-corrected chi connectivity index (χ4v) is 3.40. The van der Waals surface area contributed by atoms with Crippen LogP contribution in [0, 0.1) is 5.92 Å². The molecule has 0 aliphatic carbocycles. The summed E-state index contributed by atoms with van der Waals surface area (Å²) in [7, 11) is 0. The Labute approximate surface area is 118 Å². The molecule has 1 fully saturated rings. The number of carbonyl (C=O) groups excluding carboxylic acids is 1. The molecule has 0 spiro atoms. The van der Waals surface area contributed by atoms with Crippen LogP contribution in [0.15, 0.2) is 23.0 Å². The second-order valence-corrected chi connectivity index (χ2v) is 6.21. The van der Waals surface area contributed by atoms with Gasteiger partial charge in [0, 0.05) is 43.4 Å². The van der Waals surface area contributed by atoms with Gasteiger partial charge in [-0.15, -0.1) is 0 Å². The van der Waals surface area contributed by atoms with E-state index in [-0.39, 0.29) is 23.6 Å². The lowest BCUT2D eigenvalue weighted by atomic mass is 9.83. The van der Waals surface area contributed by atoms with Crippen LogP contribution < -0.4 is 10.9 Å². The summed E-state index contributed by atoms with van der Waals surface area (Å²) in [6.45, 7) is 6.13. The van der Waals surface area contributed by atoms with Gasteiger partial charge in [0.1, 0.15) is 0 Å². The van der Waals surface area contributed by atoms with Gasteiger partial charge in [-0.05, 0) is 32.3 Å². The molecule has 1 aromatic heterocycles. The number of likely N-dealkylation sites (tertiary alicyclic amines) is 1. The number of carbonyl (C=O) groups is 1. The van der Waals surface area contributed by atoms with Crippen LogP contribution in [0.25, 0.3) is 0 Å². The minimum absolute atomic E-state index is 0.0152. The quantitative estimate of drug-likeness (QED) is 0.842. The first-order valence-electron chi connectivity index (χ1n) is 7.30. The topological polar surface area (TPSA) is 54.3 Å². The zero-order valence-electron chi connectivity index (χ0n) is 12.0. The van der Waals surface area contributed by atoms with E-state index in [9.17, 15) is 9.59 Å². The number of amides is 2. The van der Waals surface area contributed by atoms with E-state index < -0.39 is 0 Å². The van der Waals surface area contributed by atoms with Crippen LogP contribution in [-0.2, 0) is 6.54 Å². The van der Waals surface area contributed by atoms with E-state index in [1.807, 2.05) is 35.4 Å². The second-order valence-electron chi connectivity index (χ2n) is 6.21. The fraction of sp³-hybridized carbons (Fsp3) is 0.600. The fourth-order valence-electron chi connectivity index (χ4n) is 3.40. The van der Waals surface area contributed by atoms with Crippen molar-refractivity contribution in [3.05, 3.63) is 34.2 Å². The zero-order chi connectivity index (χ0) is 14.3. The van der Waals surface area contributed by atoms with Crippen molar-refractivity contribution in [1.29, 1.82) is 0 Å². The molecule has 5 heteroatoms. The van der Waals surface area contributed by atoms with Gasteiger partial charge < -0.3 is 14.8 Å². The van der Waals surface area contributed by atoms with Gasteiger partial charge in [-0.2, -0.15) is 0 Å². The van der Waals surface area contributed by atoms with Crippen LogP contribution in [0.1, 0.15) is 31.9 Å². The first-order chi connectivity index (χ1) is 9.54. The molecule has 0 aromatic carbocycles. The van der Waals surface area contributed by atoms with Gasteiger partial charge in [-0.3, -0.25) is 4.79 Å². The van der Waals surface area contributed by atoms with Crippen LogP contribution in [0.3, 0.4) is 0 Å². The number of fused-ring (bicyclic) bond motifs is 4. The summed E-state index contributed by atoms with van der Waals surface area (Å²) < 4.78 is 1.89. The molecule has 2 amide bonds. The van der Waals surface area contributed by atoms with Gasteiger partial charge in [0.25, 0.3) is 5.56 Å². The largest absolute Gasteiger partial charge is 0.336 e. The van der Waals surface area contributed by atoms with Crippen molar-refractivity contribution in [1.82, 2.24) is 14.8 Å². The van der Waals surface area contributed by atoms with Crippen LogP contribution in [0.5, 0.6) is 0 Å². The molecule has 0 saturated carbocycles. The molecule has 0 unspecified atom stereocenters. The number of piperidine rings is 1. The molecule has 1 aromatic rings. The maximum Gasteiger partial charge on any atom is 0.317 e. The van der Waals surface area contributed by atoms with Crippen molar-refractivity contribution in [2.24, 2.45) is 5.92 Å². The van der Waals surface area contributed by atoms with Gasteiger partial charge in [0.2, 0.25) is 0 Å². The number of nitrogens with one attached hydrogen (secondary N) is 1. The highest BCUT2D eigenvalue weighted by atomic mass is 16.2. The van der Waals surface area contributed by atoms with Crippen molar-refractivity contribution in [2.75, 3.05) is 13.1 Å². The number of nitrogens with zero attached hydrogens (tertiary/aromatic N) is 2. The highest BCUT2D eigenvalue weighted by Crippen LogP contribution is 2.34. The molecule has 20 heavy (non-hydrogen) atoms. The Morgan fingerprint density at radius 2 is 2.10 bits per heavy atom. The molecule has 5 nitrogen and oxygen atoms in total. The molecule has 1 saturated heterocycles. The van der Waals surface area contributed by atoms with E-state index in [4.69, 9.17) is 0 Å². The zero-order valence-corrected chi connectivity index (χ0v) is 12.0. The molecule has 0 radical (unpaired) electrons. The number of hydrogen-bond donors (Lipinski definition) is 1.